The average molecular weight is 313 g/mol. The van der Waals surface area contributed by atoms with E-state index in [9.17, 15) is 4.79 Å². The van der Waals surface area contributed by atoms with Gasteiger partial charge in [-0.25, -0.2) is 0 Å². The Balaban J connectivity index is 1.87. The predicted molar refractivity (Wildman–Crippen MR) is 93.7 cm³/mol. The molecule has 2 aromatic rings. The van der Waals surface area contributed by atoms with Crippen molar-refractivity contribution in [3.8, 4) is 0 Å². The van der Waals surface area contributed by atoms with E-state index >= 15 is 0 Å². The molecule has 0 heterocycles. The summed E-state index contributed by atoms with van der Waals surface area (Å²) < 4.78 is 0. The number of aryl methyl sites for hydroxylation is 1. The maximum atomic E-state index is 12.1. The van der Waals surface area contributed by atoms with Gasteiger partial charge in [-0.3, -0.25) is 4.79 Å². The fourth-order valence-electron chi connectivity index (χ4n) is 2.05. The number of carbonyl (C=O) groups is 1. The van der Waals surface area contributed by atoms with Crippen molar-refractivity contribution >= 4 is 28.9 Å². The first-order valence-electron chi connectivity index (χ1n) is 7.02. The number of amides is 1. The topological polar surface area (TPSA) is 67.1 Å². The van der Waals surface area contributed by atoms with E-state index in [-0.39, 0.29) is 11.0 Å². The summed E-state index contributed by atoms with van der Waals surface area (Å²) in [5.74, 6) is -0.297. The lowest BCUT2D eigenvalue weighted by molar-refractivity contribution is -0.120. The summed E-state index contributed by atoms with van der Waals surface area (Å²) in [5, 5.41) is 5.85. The average Bonchev–Trinajstić information content (AvgIpc) is 2.48. The molecule has 1 amide bonds. The molecule has 4 N–H and O–H groups in total. The second-order valence-electron chi connectivity index (χ2n) is 5.11. The van der Waals surface area contributed by atoms with Crippen molar-refractivity contribution in [2.75, 3.05) is 5.32 Å². The first-order valence-corrected chi connectivity index (χ1v) is 7.43. The Bertz CT molecular complexity index is 658. The van der Waals surface area contributed by atoms with Crippen LogP contribution in [0.15, 0.2) is 54.6 Å². The number of thiocarbonyl (C=S) groups is 1. The van der Waals surface area contributed by atoms with Gasteiger partial charge in [0.1, 0.15) is 0 Å². The summed E-state index contributed by atoms with van der Waals surface area (Å²) in [7, 11) is 0. The Kier molecular flexibility index (Phi) is 5.63. The molecule has 114 valence electrons. The normalized spacial score (nSPS) is 11.5. The highest BCUT2D eigenvalue weighted by atomic mass is 32.1. The smallest absolute Gasteiger partial charge is 0.243 e. The highest BCUT2D eigenvalue weighted by Gasteiger charge is 2.15. The molecular formula is C17H19N3OS. The maximum absolute atomic E-state index is 12.1. The Morgan fingerprint density at radius 2 is 1.91 bits per heavy atom. The zero-order valence-corrected chi connectivity index (χ0v) is 13.2. The Hall–Kier alpha value is -2.24. The van der Waals surface area contributed by atoms with Crippen LogP contribution in [-0.4, -0.2) is 17.1 Å². The van der Waals surface area contributed by atoms with Crippen LogP contribution in [0, 0.1) is 6.92 Å². The van der Waals surface area contributed by atoms with Crippen molar-refractivity contribution in [3.63, 3.8) is 0 Å². The molecule has 22 heavy (non-hydrogen) atoms. The molecule has 1 unspecified atom stereocenters. The van der Waals surface area contributed by atoms with Gasteiger partial charge in [0.15, 0.2) is 5.11 Å². The fourth-order valence-corrected chi connectivity index (χ4v) is 2.27. The van der Waals surface area contributed by atoms with Crippen molar-refractivity contribution in [3.05, 3.63) is 65.7 Å². The van der Waals surface area contributed by atoms with Crippen molar-refractivity contribution in [1.29, 1.82) is 0 Å². The van der Waals surface area contributed by atoms with Crippen LogP contribution in [-0.2, 0) is 11.2 Å². The number of hydrogen-bond donors (Lipinski definition) is 3. The zero-order valence-electron chi connectivity index (χ0n) is 12.4. The molecular weight excluding hydrogens is 294 g/mol. The SMILES string of the molecule is Cc1cccc(NC(=S)NC(=O)C(N)Cc2ccccc2)c1. The fraction of sp³-hybridized carbons (Fsp3) is 0.176. The minimum atomic E-state index is -0.639. The van der Waals surface area contributed by atoms with Gasteiger partial charge < -0.3 is 16.4 Å². The summed E-state index contributed by atoms with van der Waals surface area (Å²) in [6.07, 6.45) is 0.472. The third-order valence-corrected chi connectivity index (χ3v) is 3.35. The van der Waals surface area contributed by atoms with E-state index in [4.69, 9.17) is 18.0 Å². The van der Waals surface area contributed by atoms with Gasteiger partial charge in [0.05, 0.1) is 6.04 Å². The number of carbonyl (C=O) groups excluding carboxylic acids is 1. The molecule has 0 aromatic heterocycles. The van der Waals surface area contributed by atoms with E-state index in [1.807, 2.05) is 61.5 Å². The first kappa shape index (κ1) is 16.1. The molecule has 0 fully saturated rings. The van der Waals surface area contributed by atoms with E-state index in [2.05, 4.69) is 10.6 Å². The van der Waals surface area contributed by atoms with Crippen LogP contribution in [0.2, 0.25) is 0 Å². The first-order chi connectivity index (χ1) is 10.5. The van der Waals surface area contributed by atoms with Crippen molar-refractivity contribution < 1.29 is 4.79 Å². The van der Waals surface area contributed by atoms with Crippen molar-refractivity contribution in [2.45, 2.75) is 19.4 Å². The molecule has 4 nitrogen and oxygen atoms in total. The highest BCUT2D eigenvalue weighted by molar-refractivity contribution is 7.80. The third-order valence-electron chi connectivity index (χ3n) is 3.15. The van der Waals surface area contributed by atoms with Crippen molar-refractivity contribution in [2.24, 2.45) is 5.73 Å². The van der Waals surface area contributed by atoms with Gasteiger partial charge in [-0.05, 0) is 48.8 Å². The number of nitrogens with one attached hydrogen (secondary N) is 2. The van der Waals surface area contributed by atoms with Gasteiger partial charge in [0.2, 0.25) is 5.91 Å². The summed E-state index contributed by atoms with van der Waals surface area (Å²) in [4.78, 5) is 12.1. The molecule has 0 spiro atoms. The lowest BCUT2D eigenvalue weighted by atomic mass is 10.1. The van der Waals surface area contributed by atoms with E-state index in [1.54, 1.807) is 0 Å². The van der Waals surface area contributed by atoms with Crippen LogP contribution in [0.4, 0.5) is 5.69 Å². The largest absolute Gasteiger partial charge is 0.332 e. The van der Waals surface area contributed by atoms with E-state index in [1.165, 1.54) is 0 Å². The van der Waals surface area contributed by atoms with Gasteiger partial charge in [0.25, 0.3) is 0 Å². The molecule has 0 bridgehead atoms. The third kappa shape index (κ3) is 4.95. The quantitative estimate of drug-likeness (QED) is 0.758. The molecule has 0 radical (unpaired) electrons. The molecule has 2 rings (SSSR count). The van der Waals surface area contributed by atoms with Gasteiger partial charge in [0, 0.05) is 5.69 Å². The highest BCUT2D eigenvalue weighted by Crippen LogP contribution is 2.09. The Labute approximate surface area is 135 Å². The summed E-state index contributed by atoms with van der Waals surface area (Å²) in [6.45, 7) is 1.99. The van der Waals surface area contributed by atoms with Crippen LogP contribution in [0.3, 0.4) is 0 Å². The minimum Gasteiger partial charge on any atom is -0.332 e. The second kappa shape index (κ2) is 7.68. The number of rotatable bonds is 4. The van der Waals surface area contributed by atoms with Crippen LogP contribution in [0.1, 0.15) is 11.1 Å². The number of nitrogens with two attached hydrogens (primary N) is 1. The minimum absolute atomic E-state index is 0.249. The van der Waals surface area contributed by atoms with Crippen LogP contribution >= 0.6 is 12.2 Å². The second-order valence-corrected chi connectivity index (χ2v) is 5.52. The Morgan fingerprint density at radius 1 is 1.18 bits per heavy atom. The molecule has 2 aromatic carbocycles. The summed E-state index contributed by atoms with van der Waals surface area (Å²) >= 11 is 5.14. The molecule has 1 atom stereocenters. The number of anilines is 1. The molecule has 5 heteroatoms. The predicted octanol–water partition coefficient (Wildman–Crippen LogP) is 2.38. The molecule has 0 saturated heterocycles. The monoisotopic (exact) mass is 313 g/mol. The van der Waals surface area contributed by atoms with Crippen LogP contribution in [0.5, 0.6) is 0 Å². The van der Waals surface area contributed by atoms with E-state index in [0.717, 1.165) is 16.8 Å². The van der Waals surface area contributed by atoms with Crippen LogP contribution < -0.4 is 16.4 Å². The lowest BCUT2D eigenvalue weighted by Crippen LogP contribution is -2.46. The number of benzene rings is 2. The lowest BCUT2D eigenvalue weighted by Gasteiger charge is -2.14. The number of hydrogen-bond acceptors (Lipinski definition) is 3. The summed E-state index contributed by atoms with van der Waals surface area (Å²) in [6, 6.07) is 16.7. The molecule has 0 aliphatic rings. The van der Waals surface area contributed by atoms with Gasteiger partial charge in [-0.15, -0.1) is 0 Å². The van der Waals surface area contributed by atoms with Gasteiger partial charge in [-0.1, -0.05) is 42.5 Å². The van der Waals surface area contributed by atoms with Gasteiger partial charge >= 0.3 is 0 Å². The molecule has 0 aliphatic carbocycles. The van der Waals surface area contributed by atoms with Crippen LogP contribution in [0.25, 0.3) is 0 Å². The molecule has 0 aliphatic heterocycles. The summed E-state index contributed by atoms with van der Waals surface area (Å²) in [5.41, 5.74) is 8.88. The standard InChI is InChI=1S/C17H19N3OS/c1-12-6-5-9-14(10-12)19-17(22)20-16(21)15(18)11-13-7-3-2-4-8-13/h2-10,15H,11,18H2,1H3,(H2,19,20,21,22). The van der Waals surface area contributed by atoms with Crippen molar-refractivity contribution in [1.82, 2.24) is 5.32 Å². The Morgan fingerprint density at radius 3 is 2.59 bits per heavy atom. The molecule has 0 saturated carbocycles. The van der Waals surface area contributed by atoms with E-state index < -0.39 is 6.04 Å². The van der Waals surface area contributed by atoms with E-state index in [0.29, 0.717) is 6.42 Å². The zero-order chi connectivity index (χ0) is 15.9. The maximum Gasteiger partial charge on any atom is 0.243 e. The van der Waals surface area contributed by atoms with Gasteiger partial charge in [-0.2, -0.15) is 0 Å².